The summed E-state index contributed by atoms with van der Waals surface area (Å²) in [5.41, 5.74) is 0.580. The fraction of sp³-hybridized carbons (Fsp3) is 0.731. The number of amides is 3. The molecule has 0 radical (unpaired) electrons. The van der Waals surface area contributed by atoms with Gasteiger partial charge in [-0.2, -0.15) is 0 Å². The lowest BCUT2D eigenvalue weighted by atomic mass is 9.88. The van der Waals surface area contributed by atoms with Crippen molar-refractivity contribution in [1.82, 2.24) is 14.8 Å². The molecule has 2 heterocycles. The third-order valence-electron chi connectivity index (χ3n) is 6.71. The summed E-state index contributed by atoms with van der Waals surface area (Å²) >= 11 is 1.26. The van der Waals surface area contributed by atoms with E-state index in [0.29, 0.717) is 37.1 Å². The van der Waals surface area contributed by atoms with Crippen molar-refractivity contribution >= 4 is 40.2 Å². The number of rotatable bonds is 10. The minimum Gasteiger partial charge on any atom is -0.466 e. The highest BCUT2D eigenvalue weighted by Gasteiger charge is 2.30. The Hall–Kier alpha value is -2.49. The average molecular weight is 521 g/mol. The molecule has 1 aromatic heterocycles. The van der Waals surface area contributed by atoms with Gasteiger partial charge in [-0.05, 0) is 38.5 Å². The van der Waals surface area contributed by atoms with Gasteiger partial charge in [-0.1, -0.05) is 33.1 Å². The third kappa shape index (κ3) is 8.28. The SMILES string of the molecule is CCOC(=O)C1CCCN(C(=O)Cc2csc(NC(=O)CN(CC(C)C)C(=O)C3CCCCC3)n2)C1. The van der Waals surface area contributed by atoms with E-state index in [2.05, 4.69) is 10.3 Å². The number of ether oxygens (including phenoxy) is 1. The van der Waals surface area contributed by atoms with Crippen LogP contribution in [0.3, 0.4) is 0 Å². The number of nitrogens with one attached hydrogen (secondary N) is 1. The van der Waals surface area contributed by atoms with Crippen molar-refractivity contribution in [2.75, 3.05) is 38.1 Å². The highest BCUT2D eigenvalue weighted by Crippen LogP contribution is 2.26. The molecule has 10 heteroatoms. The Morgan fingerprint density at radius 3 is 2.56 bits per heavy atom. The van der Waals surface area contributed by atoms with E-state index in [1.807, 2.05) is 13.8 Å². The van der Waals surface area contributed by atoms with Crippen molar-refractivity contribution in [3.05, 3.63) is 11.1 Å². The second kappa shape index (κ2) is 13.7. The molecule has 1 aromatic rings. The second-order valence-corrected chi connectivity index (χ2v) is 11.1. The third-order valence-corrected chi connectivity index (χ3v) is 7.52. The molecule has 9 nitrogen and oxygen atoms in total. The number of anilines is 1. The Morgan fingerprint density at radius 1 is 1.14 bits per heavy atom. The summed E-state index contributed by atoms with van der Waals surface area (Å²) < 4.78 is 5.11. The monoisotopic (exact) mass is 520 g/mol. The quantitative estimate of drug-likeness (QED) is 0.473. The molecule has 0 spiro atoms. The fourth-order valence-electron chi connectivity index (χ4n) is 4.98. The minimum atomic E-state index is -0.280. The zero-order chi connectivity index (χ0) is 26.1. The highest BCUT2D eigenvalue weighted by molar-refractivity contribution is 7.13. The summed E-state index contributed by atoms with van der Waals surface area (Å²) in [6, 6.07) is 0. The zero-order valence-corrected chi connectivity index (χ0v) is 22.6. The summed E-state index contributed by atoms with van der Waals surface area (Å²) in [5, 5.41) is 4.98. The number of esters is 1. The van der Waals surface area contributed by atoms with E-state index < -0.39 is 0 Å². The first kappa shape index (κ1) is 28.1. The lowest BCUT2D eigenvalue weighted by Crippen LogP contribution is -2.43. The van der Waals surface area contributed by atoms with Crippen LogP contribution >= 0.6 is 11.3 Å². The summed E-state index contributed by atoms with van der Waals surface area (Å²) in [6.45, 7) is 7.73. The largest absolute Gasteiger partial charge is 0.466 e. The van der Waals surface area contributed by atoms with E-state index in [-0.39, 0.29) is 54.4 Å². The Balaban J connectivity index is 1.52. The number of hydrogen-bond donors (Lipinski definition) is 1. The van der Waals surface area contributed by atoms with Gasteiger partial charge in [0.15, 0.2) is 5.13 Å². The van der Waals surface area contributed by atoms with Crippen LogP contribution in [-0.2, 0) is 30.3 Å². The lowest BCUT2D eigenvalue weighted by molar-refractivity contribution is -0.151. The molecule has 1 saturated heterocycles. The van der Waals surface area contributed by atoms with Gasteiger partial charge >= 0.3 is 5.97 Å². The molecular weight excluding hydrogens is 480 g/mol. The molecule has 1 aliphatic heterocycles. The number of hydrogen-bond acceptors (Lipinski definition) is 7. The van der Waals surface area contributed by atoms with Crippen LogP contribution in [-0.4, -0.2) is 71.3 Å². The van der Waals surface area contributed by atoms with Gasteiger partial charge in [0.1, 0.15) is 0 Å². The second-order valence-electron chi connectivity index (χ2n) is 10.2. The summed E-state index contributed by atoms with van der Waals surface area (Å²) in [5.74, 6) is -0.539. The number of piperidine rings is 1. The number of likely N-dealkylation sites (tertiary alicyclic amines) is 1. The van der Waals surface area contributed by atoms with Gasteiger partial charge in [-0.15, -0.1) is 11.3 Å². The maximum atomic E-state index is 13.1. The topological polar surface area (TPSA) is 109 Å². The molecule has 1 unspecified atom stereocenters. The van der Waals surface area contributed by atoms with Gasteiger partial charge in [0.05, 0.1) is 31.2 Å². The molecule has 2 fully saturated rings. The number of aromatic nitrogens is 1. The molecule has 2 aliphatic rings. The van der Waals surface area contributed by atoms with E-state index in [1.54, 1.807) is 22.1 Å². The molecule has 1 N–H and O–H groups in total. The highest BCUT2D eigenvalue weighted by atomic mass is 32.1. The van der Waals surface area contributed by atoms with Crippen LogP contribution in [0.5, 0.6) is 0 Å². The normalized spacial score (nSPS) is 18.7. The maximum absolute atomic E-state index is 13.1. The lowest BCUT2D eigenvalue weighted by Gasteiger charge is -2.31. The number of carbonyl (C=O) groups is 4. The Morgan fingerprint density at radius 2 is 1.86 bits per heavy atom. The van der Waals surface area contributed by atoms with Gasteiger partial charge in [-0.25, -0.2) is 4.98 Å². The predicted molar refractivity (Wildman–Crippen MR) is 138 cm³/mol. The van der Waals surface area contributed by atoms with Gasteiger partial charge in [-0.3, -0.25) is 19.2 Å². The molecular formula is C26H40N4O5S. The Labute approximate surface area is 218 Å². The van der Waals surface area contributed by atoms with E-state index in [4.69, 9.17) is 4.74 Å². The summed E-state index contributed by atoms with van der Waals surface area (Å²) in [4.78, 5) is 58.5. The number of nitrogens with zero attached hydrogens (tertiary/aromatic N) is 3. The average Bonchev–Trinajstić information content (AvgIpc) is 3.30. The van der Waals surface area contributed by atoms with Gasteiger partial charge < -0.3 is 19.9 Å². The van der Waals surface area contributed by atoms with Crippen LogP contribution in [0.2, 0.25) is 0 Å². The van der Waals surface area contributed by atoms with E-state index in [9.17, 15) is 19.2 Å². The minimum absolute atomic E-state index is 0.00435. The molecule has 36 heavy (non-hydrogen) atoms. The van der Waals surface area contributed by atoms with E-state index in [1.165, 1.54) is 17.8 Å². The fourth-order valence-corrected chi connectivity index (χ4v) is 5.71. The molecule has 0 aromatic carbocycles. The van der Waals surface area contributed by atoms with Crippen molar-refractivity contribution in [2.24, 2.45) is 17.8 Å². The number of thiazole rings is 1. The predicted octanol–water partition coefficient (Wildman–Crippen LogP) is 3.49. The molecule has 3 rings (SSSR count). The van der Waals surface area contributed by atoms with Crippen LogP contribution in [0.4, 0.5) is 5.13 Å². The first-order valence-corrected chi connectivity index (χ1v) is 14.1. The van der Waals surface area contributed by atoms with Crippen LogP contribution in [0, 0.1) is 17.8 Å². The van der Waals surface area contributed by atoms with Crippen molar-refractivity contribution < 1.29 is 23.9 Å². The summed E-state index contributed by atoms with van der Waals surface area (Å²) in [6.07, 6.45) is 6.72. The van der Waals surface area contributed by atoms with Crippen LogP contribution in [0.25, 0.3) is 0 Å². The van der Waals surface area contributed by atoms with E-state index in [0.717, 1.165) is 38.5 Å². The zero-order valence-electron chi connectivity index (χ0n) is 21.8. The first-order valence-electron chi connectivity index (χ1n) is 13.2. The van der Waals surface area contributed by atoms with Crippen molar-refractivity contribution in [3.8, 4) is 0 Å². The van der Waals surface area contributed by atoms with Crippen LogP contribution in [0.1, 0.15) is 71.4 Å². The molecule has 0 bridgehead atoms. The van der Waals surface area contributed by atoms with Gasteiger partial charge in [0.25, 0.3) is 0 Å². The van der Waals surface area contributed by atoms with Crippen LogP contribution < -0.4 is 5.32 Å². The van der Waals surface area contributed by atoms with Crippen molar-refractivity contribution in [1.29, 1.82) is 0 Å². The van der Waals surface area contributed by atoms with Crippen molar-refractivity contribution in [2.45, 2.75) is 72.1 Å². The molecule has 1 saturated carbocycles. The molecule has 3 amide bonds. The summed E-state index contributed by atoms with van der Waals surface area (Å²) in [7, 11) is 0. The standard InChI is InChI=1S/C26H40N4O5S/c1-4-35-25(34)20-11-8-12-29(15-20)23(32)13-21-17-36-26(27-21)28-22(31)16-30(14-18(2)3)24(33)19-9-6-5-7-10-19/h17-20H,4-16H2,1-3H3,(H,27,28,31). The van der Waals surface area contributed by atoms with Crippen molar-refractivity contribution in [3.63, 3.8) is 0 Å². The first-order chi connectivity index (χ1) is 17.3. The molecule has 1 aliphatic carbocycles. The van der Waals surface area contributed by atoms with E-state index >= 15 is 0 Å². The Kier molecular flexibility index (Phi) is 10.7. The van der Waals surface area contributed by atoms with Gasteiger partial charge in [0.2, 0.25) is 17.7 Å². The number of carbonyl (C=O) groups excluding carboxylic acids is 4. The smallest absolute Gasteiger partial charge is 0.310 e. The Bertz CT molecular complexity index is 912. The molecule has 1 atom stereocenters. The van der Waals surface area contributed by atoms with Gasteiger partial charge in [0, 0.05) is 30.9 Å². The molecule has 200 valence electrons. The van der Waals surface area contributed by atoms with Crippen LogP contribution in [0.15, 0.2) is 5.38 Å². The maximum Gasteiger partial charge on any atom is 0.310 e.